The summed E-state index contributed by atoms with van der Waals surface area (Å²) in [6, 6.07) is 10.9. The Morgan fingerprint density at radius 1 is 1.10 bits per heavy atom. The van der Waals surface area contributed by atoms with Gasteiger partial charge < -0.3 is 23.7 Å². The lowest BCUT2D eigenvalue weighted by Gasteiger charge is -2.21. The molecule has 0 saturated carbocycles. The summed E-state index contributed by atoms with van der Waals surface area (Å²) < 4.78 is 9.91. The number of rotatable bonds is 5. The molecule has 6 nitrogen and oxygen atoms in total. The molecule has 1 saturated heterocycles. The van der Waals surface area contributed by atoms with Crippen LogP contribution in [0.1, 0.15) is 36.8 Å². The number of aromatic nitrogens is 2. The van der Waals surface area contributed by atoms with Crippen molar-refractivity contribution in [3.8, 4) is 0 Å². The highest BCUT2D eigenvalue weighted by atomic mass is 16.5. The van der Waals surface area contributed by atoms with Crippen LogP contribution in [0.25, 0.3) is 21.9 Å². The maximum absolute atomic E-state index is 13.6. The van der Waals surface area contributed by atoms with Crippen molar-refractivity contribution < 1.29 is 9.53 Å². The molecular formula is C23H32N4O2. The number of nitrogens with zero attached hydrogens (tertiary/aromatic N) is 4. The van der Waals surface area contributed by atoms with Crippen LogP contribution in [0.4, 0.5) is 0 Å². The molecule has 0 spiro atoms. The van der Waals surface area contributed by atoms with Gasteiger partial charge in [-0.2, -0.15) is 0 Å². The zero-order valence-corrected chi connectivity index (χ0v) is 18.0. The van der Waals surface area contributed by atoms with Crippen molar-refractivity contribution >= 4 is 27.8 Å². The third-order valence-corrected chi connectivity index (χ3v) is 6.02. The molecule has 1 amide bonds. The SMILES string of the molecule is COCCn1c(C(=O)N2CCCN(C)CC2)cc2c1c1ccccc1n2C(C)C. The van der Waals surface area contributed by atoms with Gasteiger partial charge in [0.2, 0.25) is 0 Å². The van der Waals surface area contributed by atoms with E-state index in [1.54, 1.807) is 7.11 Å². The Morgan fingerprint density at radius 3 is 2.66 bits per heavy atom. The van der Waals surface area contributed by atoms with Crippen LogP contribution in [0, 0.1) is 0 Å². The quantitative estimate of drug-likeness (QED) is 0.662. The Morgan fingerprint density at radius 2 is 1.90 bits per heavy atom. The maximum Gasteiger partial charge on any atom is 0.270 e. The van der Waals surface area contributed by atoms with Gasteiger partial charge >= 0.3 is 0 Å². The fourth-order valence-corrected chi connectivity index (χ4v) is 4.58. The lowest BCUT2D eigenvalue weighted by atomic mass is 10.2. The van der Waals surface area contributed by atoms with E-state index in [1.807, 2.05) is 4.90 Å². The molecule has 0 N–H and O–H groups in total. The van der Waals surface area contributed by atoms with Gasteiger partial charge in [0.25, 0.3) is 5.91 Å². The molecule has 2 aromatic heterocycles. The monoisotopic (exact) mass is 396 g/mol. The first-order valence-corrected chi connectivity index (χ1v) is 10.6. The van der Waals surface area contributed by atoms with E-state index < -0.39 is 0 Å². The Hall–Kier alpha value is -2.31. The molecule has 1 fully saturated rings. The molecule has 1 aliphatic rings. The molecule has 0 bridgehead atoms. The number of benzene rings is 1. The van der Waals surface area contributed by atoms with E-state index in [0.29, 0.717) is 19.2 Å². The molecule has 29 heavy (non-hydrogen) atoms. The van der Waals surface area contributed by atoms with Gasteiger partial charge in [-0.15, -0.1) is 0 Å². The van der Waals surface area contributed by atoms with Crippen molar-refractivity contribution in [2.45, 2.75) is 32.9 Å². The first kappa shape index (κ1) is 20.0. The normalized spacial score (nSPS) is 16.2. The average Bonchev–Trinajstić information content (AvgIpc) is 3.13. The van der Waals surface area contributed by atoms with Crippen molar-refractivity contribution in [1.82, 2.24) is 18.9 Å². The summed E-state index contributed by atoms with van der Waals surface area (Å²) in [5.41, 5.74) is 4.26. The van der Waals surface area contributed by atoms with Gasteiger partial charge in [0, 0.05) is 44.7 Å². The van der Waals surface area contributed by atoms with Crippen molar-refractivity contribution in [2.75, 3.05) is 46.9 Å². The van der Waals surface area contributed by atoms with E-state index in [1.165, 1.54) is 10.9 Å². The maximum atomic E-state index is 13.6. The van der Waals surface area contributed by atoms with Crippen LogP contribution in [0.15, 0.2) is 30.3 Å². The number of hydrogen-bond donors (Lipinski definition) is 0. The molecule has 0 aliphatic carbocycles. The summed E-state index contributed by atoms with van der Waals surface area (Å²) in [5.74, 6) is 0.131. The summed E-state index contributed by atoms with van der Waals surface area (Å²) in [7, 11) is 3.84. The summed E-state index contributed by atoms with van der Waals surface area (Å²) in [6.07, 6.45) is 1.02. The van der Waals surface area contributed by atoms with Gasteiger partial charge in [-0.25, -0.2) is 0 Å². The lowest BCUT2D eigenvalue weighted by Crippen LogP contribution is -2.35. The van der Waals surface area contributed by atoms with Gasteiger partial charge in [-0.3, -0.25) is 4.79 Å². The van der Waals surface area contributed by atoms with Crippen molar-refractivity contribution in [3.63, 3.8) is 0 Å². The molecule has 0 radical (unpaired) electrons. The summed E-state index contributed by atoms with van der Waals surface area (Å²) in [4.78, 5) is 17.9. The standard InChI is InChI=1S/C23H32N4O2/c1-17(2)27-19-9-6-5-8-18(19)22-20(27)16-21(26(22)14-15-29-4)23(28)25-11-7-10-24(3)12-13-25/h5-6,8-9,16-17H,7,10-15H2,1-4H3. The van der Waals surface area contributed by atoms with E-state index >= 15 is 0 Å². The molecular weight excluding hydrogens is 364 g/mol. The molecule has 1 aliphatic heterocycles. The minimum absolute atomic E-state index is 0.131. The number of amides is 1. The Balaban J connectivity index is 1.87. The Bertz CT molecular complexity index is 1020. The summed E-state index contributed by atoms with van der Waals surface area (Å²) in [6.45, 7) is 9.20. The molecule has 6 heteroatoms. The Kier molecular flexibility index (Phi) is 5.65. The fraction of sp³-hybridized carbons (Fsp3) is 0.522. The molecule has 3 aromatic rings. The Labute approximate surface area is 172 Å². The number of para-hydroxylation sites is 1. The van der Waals surface area contributed by atoms with Gasteiger partial charge in [-0.05, 0) is 46.0 Å². The van der Waals surface area contributed by atoms with Crippen LogP contribution < -0.4 is 0 Å². The number of hydrogen-bond acceptors (Lipinski definition) is 3. The van der Waals surface area contributed by atoms with E-state index in [2.05, 4.69) is 65.3 Å². The van der Waals surface area contributed by atoms with Crippen LogP contribution in [0.2, 0.25) is 0 Å². The fourth-order valence-electron chi connectivity index (χ4n) is 4.58. The highest BCUT2D eigenvalue weighted by Gasteiger charge is 2.26. The summed E-state index contributed by atoms with van der Waals surface area (Å²) >= 11 is 0. The number of carbonyl (C=O) groups excluding carboxylic acids is 1. The predicted molar refractivity (Wildman–Crippen MR) is 118 cm³/mol. The molecule has 0 unspecified atom stereocenters. The summed E-state index contributed by atoms with van der Waals surface area (Å²) in [5, 5.41) is 1.20. The number of carbonyl (C=O) groups is 1. The third kappa shape index (κ3) is 3.55. The van der Waals surface area contributed by atoms with Crippen LogP contribution in [-0.4, -0.2) is 71.8 Å². The van der Waals surface area contributed by atoms with Crippen LogP contribution in [0.5, 0.6) is 0 Å². The second kappa shape index (κ2) is 8.20. The van der Waals surface area contributed by atoms with Crippen LogP contribution in [0.3, 0.4) is 0 Å². The second-order valence-electron chi connectivity index (χ2n) is 8.34. The zero-order chi connectivity index (χ0) is 20.5. The van der Waals surface area contributed by atoms with Gasteiger partial charge in [0.1, 0.15) is 5.69 Å². The minimum Gasteiger partial charge on any atom is -0.383 e. The highest BCUT2D eigenvalue weighted by molar-refractivity contribution is 6.10. The van der Waals surface area contributed by atoms with Gasteiger partial charge in [-0.1, -0.05) is 18.2 Å². The molecule has 3 heterocycles. The molecule has 156 valence electrons. The van der Waals surface area contributed by atoms with Crippen molar-refractivity contribution in [1.29, 1.82) is 0 Å². The number of methoxy groups -OCH3 is 1. The number of likely N-dealkylation sites (N-methyl/N-ethyl adjacent to an activating group) is 1. The van der Waals surface area contributed by atoms with E-state index in [4.69, 9.17) is 4.74 Å². The zero-order valence-electron chi connectivity index (χ0n) is 18.0. The first-order valence-electron chi connectivity index (χ1n) is 10.6. The van der Waals surface area contributed by atoms with E-state index in [-0.39, 0.29) is 5.91 Å². The predicted octanol–water partition coefficient (Wildman–Crippen LogP) is 3.60. The largest absolute Gasteiger partial charge is 0.383 e. The average molecular weight is 397 g/mol. The van der Waals surface area contributed by atoms with Crippen LogP contribution in [-0.2, 0) is 11.3 Å². The number of ether oxygens (including phenoxy) is 1. The highest BCUT2D eigenvalue weighted by Crippen LogP contribution is 2.34. The minimum atomic E-state index is 0.131. The van der Waals surface area contributed by atoms with E-state index in [9.17, 15) is 4.79 Å². The first-order chi connectivity index (χ1) is 14.0. The molecule has 0 atom stereocenters. The lowest BCUT2D eigenvalue weighted by molar-refractivity contribution is 0.0750. The second-order valence-corrected chi connectivity index (χ2v) is 8.34. The number of fused-ring (bicyclic) bond motifs is 3. The third-order valence-electron chi connectivity index (χ3n) is 6.02. The van der Waals surface area contributed by atoms with Gasteiger partial charge in [0.15, 0.2) is 0 Å². The molecule has 1 aromatic carbocycles. The molecule has 4 rings (SSSR count). The topological polar surface area (TPSA) is 42.6 Å². The van der Waals surface area contributed by atoms with Crippen molar-refractivity contribution in [3.05, 3.63) is 36.0 Å². The van der Waals surface area contributed by atoms with Crippen molar-refractivity contribution in [2.24, 2.45) is 0 Å². The van der Waals surface area contributed by atoms with Gasteiger partial charge in [0.05, 0.1) is 23.2 Å². The smallest absolute Gasteiger partial charge is 0.270 e. The van der Waals surface area contributed by atoms with Crippen LogP contribution >= 0.6 is 0 Å². The van der Waals surface area contributed by atoms with E-state index in [0.717, 1.165) is 49.3 Å².